The maximum Gasteiger partial charge on any atom is 0.416 e. The van der Waals surface area contributed by atoms with E-state index >= 15 is 0 Å². The molecular formula is C17H18ClF4N3. The highest BCUT2D eigenvalue weighted by Crippen LogP contribution is 2.33. The van der Waals surface area contributed by atoms with E-state index in [0.717, 1.165) is 23.4 Å². The van der Waals surface area contributed by atoms with Crippen molar-refractivity contribution in [3.05, 3.63) is 51.7 Å². The zero-order valence-corrected chi connectivity index (χ0v) is 14.8. The molecule has 2 rings (SSSR count). The van der Waals surface area contributed by atoms with Crippen LogP contribution in [0.3, 0.4) is 0 Å². The number of hydrogen-bond donors (Lipinski definition) is 1. The summed E-state index contributed by atoms with van der Waals surface area (Å²) in [5.74, 6) is -0.492. The second kappa shape index (κ2) is 7.56. The number of aryl methyl sites for hydroxylation is 1. The molecule has 1 N–H and O–H groups in total. The van der Waals surface area contributed by atoms with Crippen molar-refractivity contribution in [2.75, 3.05) is 5.32 Å². The van der Waals surface area contributed by atoms with E-state index in [0.29, 0.717) is 24.7 Å². The first-order valence-electron chi connectivity index (χ1n) is 7.85. The summed E-state index contributed by atoms with van der Waals surface area (Å²) in [7, 11) is 0. The molecule has 1 unspecified atom stereocenters. The minimum Gasteiger partial charge on any atom is -0.363 e. The van der Waals surface area contributed by atoms with Gasteiger partial charge in [0.05, 0.1) is 17.3 Å². The lowest BCUT2D eigenvalue weighted by Crippen LogP contribution is -2.14. The Morgan fingerprint density at radius 2 is 1.80 bits per heavy atom. The number of benzene rings is 1. The molecule has 8 heteroatoms. The highest BCUT2D eigenvalue weighted by atomic mass is 35.5. The molecule has 1 aromatic heterocycles. The zero-order valence-electron chi connectivity index (χ0n) is 14.0. The van der Waals surface area contributed by atoms with E-state index in [4.69, 9.17) is 11.6 Å². The highest BCUT2D eigenvalue weighted by molar-refractivity contribution is 6.28. The molecule has 0 fully saturated rings. The molecule has 0 radical (unpaired) electrons. The number of alkyl halides is 3. The van der Waals surface area contributed by atoms with Gasteiger partial charge in [-0.25, -0.2) is 14.4 Å². The maximum absolute atomic E-state index is 13.6. The molecule has 1 atom stereocenters. The van der Waals surface area contributed by atoms with Crippen molar-refractivity contribution in [3.63, 3.8) is 0 Å². The van der Waals surface area contributed by atoms with Crippen LogP contribution in [0.5, 0.6) is 0 Å². The molecule has 0 saturated carbocycles. The number of anilines is 1. The molecule has 1 aromatic carbocycles. The molecule has 1 heterocycles. The fourth-order valence-electron chi connectivity index (χ4n) is 2.60. The molecule has 3 nitrogen and oxygen atoms in total. The molecule has 0 aliphatic heterocycles. The van der Waals surface area contributed by atoms with Crippen LogP contribution in [-0.4, -0.2) is 9.97 Å². The Kier molecular flexibility index (Phi) is 5.87. The van der Waals surface area contributed by atoms with Gasteiger partial charge >= 0.3 is 6.18 Å². The van der Waals surface area contributed by atoms with Crippen LogP contribution in [0.4, 0.5) is 23.4 Å². The van der Waals surface area contributed by atoms with Gasteiger partial charge in [-0.2, -0.15) is 13.2 Å². The van der Waals surface area contributed by atoms with Gasteiger partial charge in [0, 0.05) is 5.56 Å². The Hall–Kier alpha value is -1.89. The molecule has 136 valence electrons. The van der Waals surface area contributed by atoms with Crippen molar-refractivity contribution >= 4 is 17.4 Å². The van der Waals surface area contributed by atoms with E-state index in [-0.39, 0.29) is 10.8 Å². The van der Waals surface area contributed by atoms with Crippen LogP contribution in [0.1, 0.15) is 49.2 Å². The largest absolute Gasteiger partial charge is 0.416 e. The van der Waals surface area contributed by atoms with E-state index in [2.05, 4.69) is 15.3 Å². The van der Waals surface area contributed by atoms with Gasteiger partial charge in [0.15, 0.2) is 0 Å². The Morgan fingerprint density at radius 3 is 2.36 bits per heavy atom. The molecule has 0 spiro atoms. The van der Waals surface area contributed by atoms with Gasteiger partial charge in [0.25, 0.3) is 0 Å². The van der Waals surface area contributed by atoms with Gasteiger partial charge < -0.3 is 5.32 Å². The van der Waals surface area contributed by atoms with Crippen molar-refractivity contribution < 1.29 is 17.6 Å². The van der Waals surface area contributed by atoms with Gasteiger partial charge in [-0.3, -0.25) is 0 Å². The molecule has 0 aliphatic rings. The van der Waals surface area contributed by atoms with E-state index in [9.17, 15) is 17.6 Å². The van der Waals surface area contributed by atoms with Gasteiger partial charge in [-0.1, -0.05) is 13.8 Å². The van der Waals surface area contributed by atoms with Crippen LogP contribution in [0.25, 0.3) is 0 Å². The van der Waals surface area contributed by atoms with Crippen molar-refractivity contribution in [1.29, 1.82) is 0 Å². The summed E-state index contributed by atoms with van der Waals surface area (Å²) < 4.78 is 52.3. The van der Waals surface area contributed by atoms with Crippen molar-refractivity contribution in [2.24, 2.45) is 0 Å². The number of nitrogens with one attached hydrogen (secondary N) is 1. The maximum atomic E-state index is 13.6. The lowest BCUT2D eigenvalue weighted by Gasteiger charge is -2.20. The summed E-state index contributed by atoms with van der Waals surface area (Å²) in [5.41, 5.74) is 0.752. The van der Waals surface area contributed by atoms with Crippen LogP contribution < -0.4 is 5.32 Å². The van der Waals surface area contributed by atoms with Gasteiger partial charge in [0.2, 0.25) is 5.28 Å². The summed E-state index contributed by atoms with van der Waals surface area (Å²) in [6.07, 6.45) is -3.34. The third-order valence-electron chi connectivity index (χ3n) is 3.85. The Bertz CT molecular complexity index is 762. The fraction of sp³-hybridized carbons (Fsp3) is 0.412. The normalized spacial score (nSPS) is 13.0. The van der Waals surface area contributed by atoms with E-state index in [1.165, 1.54) is 0 Å². The summed E-state index contributed by atoms with van der Waals surface area (Å²) >= 11 is 5.93. The smallest absolute Gasteiger partial charge is 0.363 e. The summed E-state index contributed by atoms with van der Waals surface area (Å²) in [4.78, 5) is 8.31. The molecule has 25 heavy (non-hydrogen) atoms. The second-order valence-corrected chi connectivity index (χ2v) is 5.95. The van der Waals surface area contributed by atoms with E-state index in [1.807, 2.05) is 13.8 Å². The third-order valence-corrected chi connectivity index (χ3v) is 4.02. The Balaban J connectivity index is 2.39. The summed E-state index contributed by atoms with van der Waals surface area (Å²) in [5, 5.41) is 3.08. The van der Waals surface area contributed by atoms with Crippen molar-refractivity contribution in [3.8, 4) is 0 Å². The number of hydrogen-bond acceptors (Lipinski definition) is 3. The monoisotopic (exact) mass is 375 g/mol. The van der Waals surface area contributed by atoms with Gasteiger partial charge in [-0.05, 0) is 55.1 Å². The standard InChI is InChI=1S/C17H18ClF4N3/c1-4-13-14(5-2)24-16(18)25-15(13)23-9(3)10-6-11(17(20,21)22)8-12(19)7-10/h6-9H,4-5H2,1-3H3,(H,23,24,25). The lowest BCUT2D eigenvalue weighted by molar-refractivity contribution is -0.137. The average molecular weight is 376 g/mol. The lowest BCUT2D eigenvalue weighted by atomic mass is 10.0. The SMILES string of the molecule is CCc1nc(Cl)nc(NC(C)c2cc(F)cc(C(F)(F)F)c2)c1CC. The molecule has 0 saturated heterocycles. The minimum absolute atomic E-state index is 0.0546. The van der Waals surface area contributed by atoms with Crippen LogP contribution in [-0.2, 0) is 19.0 Å². The van der Waals surface area contributed by atoms with Crippen molar-refractivity contribution in [1.82, 2.24) is 9.97 Å². The van der Waals surface area contributed by atoms with Crippen LogP contribution in [0.15, 0.2) is 18.2 Å². The predicted octanol–water partition coefficient (Wildman–Crippen LogP) is 5.59. The second-order valence-electron chi connectivity index (χ2n) is 5.61. The first-order chi connectivity index (χ1) is 11.7. The van der Waals surface area contributed by atoms with Crippen LogP contribution in [0, 0.1) is 5.82 Å². The number of aromatic nitrogens is 2. The summed E-state index contributed by atoms with van der Waals surface area (Å²) in [6.45, 7) is 5.48. The topological polar surface area (TPSA) is 37.8 Å². The first-order valence-corrected chi connectivity index (χ1v) is 8.23. The average Bonchev–Trinajstić information content (AvgIpc) is 2.52. The number of nitrogens with zero attached hydrogens (tertiary/aromatic N) is 2. The first kappa shape index (κ1) is 19.4. The zero-order chi connectivity index (χ0) is 18.8. The van der Waals surface area contributed by atoms with E-state index in [1.54, 1.807) is 6.92 Å². The van der Waals surface area contributed by atoms with Crippen LogP contribution >= 0.6 is 11.6 Å². The van der Waals surface area contributed by atoms with E-state index < -0.39 is 23.6 Å². The van der Waals surface area contributed by atoms with Crippen molar-refractivity contribution in [2.45, 2.75) is 45.8 Å². The minimum atomic E-state index is -4.61. The van der Waals surface area contributed by atoms with Crippen LogP contribution in [0.2, 0.25) is 5.28 Å². The Labute approximate surface area is 148 Å². The molecule has 0 aliphatic carbocycles. The highest BCUT2D eigenvalue weighted by Gasteiger charge is 2.31. The predicted molar refractivity (Wildman–Crippen MR) is 89.2 cm³/mol. The van der Waals surface area contributed by atoms with Gasteiger partial charge in [0.1, 0.15) is 11.6 Å². The number of rotatable bonds is 5. The fourth-order valence-corrected chi connectivity index (χ4v) is 2.78. The molecule has 0 bridgehead atoms. The molecule has 0 amide bonds. The molecule has 2 aromatic rings. The molecular weight excluding hydrogens is 358 g/mol. The van der Waals surface area contributed by atoms with Gasteiger partial charge in [-0.15, -0.1) is 0 Å². The Morgan fingerprint density at radius 1 is 1.12 bits per heavy atom. The summed E-state index contributed by atoms with van der Waals surface area (Å²) in [6, 6.07) is 1.88. The quantitative estimate of drug-likeness (QED) is 0.547. The number of halogens is 5. The third kappa shape index (κ3) is 4.60.